The molecular weight excluding hydrogens is 494 g/mol. The maximum absolute atomic E-state index is 10.2. The van der Waals surface area contributed by atoms with Crippen LogP contribution in [-0.2, 0) is 0 Å². The number of nitriles is 1. The number of hydrogen-bond donors (Lipinski definition) is 0. The lowest BCUT2D eigenvalue weighted by atomic mass is 9.99. The first-order chi connectivity index (χ1) is 19.3. The molecule has 0 saturated heterocycles. The fourth-order valence-corrected chi connectivity index (χ4v) is 6.32. The van der Waals surface area contributed by atoms with Crippen LogP contribution in [-0.4, -0.2) is 9.97 Å². The molecule has 0 N–H and O–H groups in total. The van der Waals surface area contributed by atoms with E-state index in [0.29, 0.717) is 22.8 Å². The molecule has 39 heavy (non-hydrogen) atoms. The molecule has 3 nitrogen and oxygen atoms in total. The largest absolute Gasteiger partial charge is 0.227 e. The van der Waals surface area contributed by atoms with Crippen molar-refractivity contribution >= 4 is 31.5 Å². The Hall–Kier alpha value is -5.11. The molecule has 2 aromatic heterocycles. The third-order valence-corrected chi connectivity index (χ3v) is 8.19. The third-order valence-electron chi connectivity index (χ3n) is 6.97. The standard InChI is InChI=1S/C35H21N3S/c36-22-30-32(24-10-3-1-4-11-24)37-35(38-33(30)25-12-5-2-6-13-25)26-20-18-23(19-21-26)27-15-9-16-29-28-14-7-8-17-31(28)39-34(27)29/h1-21H. The molecule has 0 aliphatic rings. The molecule has 0 amide bonds. The molecule has 2 heterocycles. The molecule has 182 valence electrons. The number of aromatic nitrogens is 2. The van der Waals surface area contributed by atoms with Crippen molar-refractivity contribution in [1.82, 2.24) is 9.97 Å². The van der Waals surface area contributed by atoms with Crippen LogP contribution in [0.25, 0.3) is 65.2 Å². The summed E-state index contributed by atoms with van der Waals surface area (Å²) in [5.41, 5.74) is 6.81. The predicted octanol–water partition coefficient (Wildman–Crippen LogP) is 9.38. The van der Waals surface area contributed by atoms with Crippen LogP contribution in [0.3, 0.4) is 0 Å². The second kappa shape index (κ2) is 9.64. The Morgan fingerprint density at radius 1 is 0.513 bits per heavy atom. The van der Waals surface area contributed by atoms with Gasteiger partial charge in [0.15, 0.2) is 5.82 Å². The van der Waals surface area contributed by atoms with Crippen molar-refractivity contribution in [2.45, 2.75) is 0 Å². The first-order valence-electron chi connectivity index (χ1n) is 12.7. The summed E-state index contributed by atoms with van der Waals surface area (Å²) < 4.78 is 2.59. The molecule has 0 saturated carbocycles. The molecule has 5 aromatic carbocycles. The molecular formula is C35H21N3S. The fourth-order valence-electron chi connectivity index (χ4n) is 5.08. The lowest BCUT2D eigenvalue weighted by Gasteiger charge is -2.12. The minimum Gasteiger partial charge on any atom is -0.227 e. The highest BCUT2D eigenvalue weighted by Gasteiger charge is 2.18. The number of thiophene rings is 1. The minimum absolute atomic E-state index is 0.476. The van der Waals surface area contributed by atoms with Gasteiger partial charge in [0, 0.05) is 36.9 Å². The molecule has 0 atom stereocenters. The quantitative estimate of drug-likeness (QED) is 0.235. The van der Waals surface area contributed by atoms with E-state index in [1.165, 1.54) is 25.7 Å². The Morgan fingerprint density at radius 3 is 1.72 bits per heavy atom. The smallest absolute Gasteiger partial charge is 0.160 e. The highest BCUT2D eigenvalue weighted by molar-refractivity contribution is 7.26. The molecule has 0 unspecified atom stereocenters. The van der Waals surface area contributed by atoms with E-state index in [9.17, 15) is 5.26 Å². The molecule has 7 aromatic rings. The van der Waals surface area contributed by atoms with Crippen molar-refractivity contribution in [3.05, 3.63) is 133 Å². The second-order valence-corrected chi connectivity index (χ2v) is 10.4. The summed E-state index contributed by atoms with van der Waals surface area (Å²) in [6.45, 7) is 0. The maximum Gasteiger partial charge on any atom is 0.160 e. The van der Waals surface area contributed by atoms with Gasteiger partial charge in [-0.15, -0.1) is 11.3 Å². The normalized spacial score (nSPS) is 11.1. The van der Waals surface area contributed by atoms with E-state index in [4.69, 9.17) is 9.97 Å². The van der Waals surface area contributed by atoms with Crippen LogP contribution in [0.1, 0.15) is 5.56 Å². The summed E-state index contributed by atoms with van der Waals surface area (Å²) in [5, 5.41) is 12.7. The van der Waals surface area contributed by atoms with Gasteiger partial charge in [-0.05, 0) is 17.2 Å². The SMILES string of the molecule is N#Cc1c(-c2ccccc2)nc(-c2ccc(-c3cccc4c3sc3ccccc34)cc2)nc1-c1ccccc1. The zero-order valence-corrected chi connectivity index (χ0v) is 21.7. The lowest BCUT2D eigenvalue weighted by Crippen LogP contribution is -2.01. The summed E-state index contributed by atoms with van der Waals surface area (Å²) in [4.78, 5) is 9.84. The molecule has 0 aliphatic heterocycles. The van der Waals surface area contributed by atoms with E-state index in [1.807, 2.05) is 72.0 Å². The van der Waals surface area contributed by atoms with E-state index >= 15 is 0 Å². The third kappa shape index (κ3) is 4.06. The predicted molar refractivity (Wildman–Crippen MR) is 161 cm³/mol. The van der Waals surface area contributed by atoms with Crippen molar-refractivity contribution in [2.24, 2.45) is 0 Å². The highest BCUT2D eigenvalue weighted by Crippen LogP contribution is 2.40. The number of hydrogen-bond acceptors (Lipinski definition) is 4. The monoisotopic (exact) mass is 515 g/mol. The van der Waals surface area contributed by atoms with Crippen molar-refractivity contribution in [3.63, 3.8) is 0 Å². The Kier molecular flexibility index (Phi) is 5.70. The summed E-state index contributed by atoms with van der Waals surface area (Å²) >= 11 is 1.83. The summed E-state index contributed by atoms with van der Waals surface area (Å²) in [6.07, 6.45) is 0. The number of rotatable bonds is 4. The minimum atomic E-state index is 0.476. The van der Waals surface area contributed by atoms with E-state index in [-0.39, 0.29) is 0 Å². The molecule has 0 spiro atoms. The van der Waals surface area contributed by atoms with Crippen LogP contribution in [0.15, 0.2) is 127 Å². The van der Waals surface area contributed by atoms with Crippen molar-refractivity contribution in [2.75, 3.05) is 0 Å². The zero-order valence-electron chi connectivity index (χ0n) is 20.9. The molecule has 4 heteroatoms. The van der Waals surface area contributed by atoms with Crippen molar-refractivity contribution < 1.29 is 0 Å². The van der Waals surface area contributed by atoms with Crippen molar-refractivity contribution in [3.8, 4) is 51.1 Å². The lowest BCUT2D eigenvalue weighted by molar-refractivity contribution is 1.17. The molecule has 0 aliphatic carbocycles. The summed E-state index contributed by atoms with van der Waals surface area (Å²) in [7, 11) is 0. The topological polar surface area (TPSA) is 49.6 Å². The van der Waals surface area contributed by atoms with Gasteiger partial charge in [-0.1, -0.05) is 121 Å². The molecule has 7 rings (SSSR count). The maximum atomic E-state index is 10.2. The van der Waals surface area contributed by atoms with E-state index < -0.39 is 0 Å². The average Bonchev–Trinajstić information content (AvgIpc) is 3.40. The van der Waals surface area contributed by atoms with Gasteiger partial charge < -0.3 is 0 Å². The van der Waals surface area contributed by atoms with E-state index in [0.717, 1.165) is 22.3 Å². The molecule has 0 fully saturated rings. The number of nitrogens with zero attached hydrogens (tertiary/aromatic N) is 3. The van der Waals surface area contributed by atoms with Gasteiger partial charge in [0.2, 0.25) is 0 Å². The van der Waals surface area contributed by atoms with Gasteiger partial charge >= 0.3 is 0 Å². The van der Waals surface area contributed by atoms with Crippen LogP contribution in [0.4, 0.5) is 0 Å². The van der Waals surface area contributed by atoms with Crippen LogP contribution < -0.4 is 0 Å². The summed E-state index contributed by atoms with van der Waals surface area (Å²) in [5.74, 6) is 0.596. The first-order valence-corrected chi connectivity index (χ1v) is 13.6. The van der Waals surface area contributed by atoms with E-state index in [1.54, 1.807) is 0 Å². The van der Waals surface area contributed by atoms with Crippen LogP contribution in [0.5, 0.6) is 0 Å². The van der Waals surface area contributed by atoms with Gasteiger partial charge in [-0.3, -0.25) is 0 Å². The highest BCUT2D eigenvalue weighted by atomic mass is 32.1. The van der Waals surface area contributed by atoms with Gasteiger partial charge in [0.1, 0.15) is 11.6 Å². The molecule has 0 radical (unpaired) electrons. The van der Waals surface area contributed by atoms with Crippen LogP contribution >= 0.6 is 11.3 Å². The van der Waals surface area contributed by atoms with E-state index in [2.05, 4.69) is 72.8 Å². The van der Waals surface area contributed by atoms with Crippen LogP contribution in [0, 0.1) is 11.3 Å². The Bertz CT molecular complexity index is 1940. The number of fused-ring (bicyclic) bond motifs is 3. The number of benzene rings is 5. The van der Waals surface area contributed by atoms with Crippen LogP contribution in [0.2, 0.25) is 0 Å². The van der Waals surface area contributed by atoms with Gasteiger partial charge in [0.25, 0.3) is 0 Å². The summed E-state index contributed by atoms with van der Waals surface area (Å²) in [6, 6.07) is 45.6. The van der Waals surface area contributed by atoms with Crippen molar-refractivity contribution in [1.29, 1.82) is 5.26 Å². The second-order valence-electron chi connectivity index (χ2n) is 9.32. The fraction of sp³-hybridized carbons (Fsp3) is 0. The first kappa shape index (κ1) is 23.0. The van der Waals surface area contributed by atoms with Gasteiger partial charge in [0.05, 0.1) is 11.4 Å². The Balaban J connectivity index is 1.37. The van der Waals surface area contributed by atoms with Gasteiger partial charge in [-0.2, -0.15) is 5.26 Å². The molecule has 0 bridgehead atoms. The van der Waals surface area contributed by atoms with Gasteiger partial charge in [-0.25, -0.2) is 9.97 Å². The average molecular weight is 516 g/mol. The Labute approximate surface area is 230 Å². The zero-order chi connectivity index (χ0) is 26.2. The Morgan fingerprint density at radius 2 is 1.08 bits per heavy atom.